The summed E-state index contributed by atoms with van der Waals surface area (Å²) in [6.07, 6.45) is 5.38. The van der Waals surface area contributed by atoms with Gasteiger partial charge in [0.05, 0.1) is 41.7 Å². The van der Waals surface area contributed by atoms with E-state index in [1.165, 1.54) is 7.05 Å². The van der Waals surface area contributed by atoms with Crippen LogP contribution in [0.3, 0.4) is 0 Å². The number of anilines is 4. The smallest absolute Gasteiger partial charge is 0.293 e. The number of likely N-dealkylation sites (N-methyl/N-ethyl adjacent to an activating group) is 1. The molecule has 4 amide bonds. The summed E-state index contributed by atoms with van der Waals surface area (Å²) < 4.78 is 45.2. The molecule has 0 bridgehead atoms. The highest BCUT2D eigenvalue weighted by molar-refractivity contribution is 6.33. The third kappa shape index (κ3) is 8.80. The van der Waals surface area contributed by atoms with Crippen LogP contribution in [-0.2, 0) is 25.7 Å². The predicted octanol–water partition coefficient (Wildman–Crippen LogP) is 4.27. The Bertz CT molecular complexity index is 2610. The molecule has 1 atom stereocenters. The summed E-state index contributed by atoms with van der Waals surface area (Å²) in [4.78, 5) is 79.1. The normalized spacial score (nSPS) is 21.7. The monoisotopic (exact) mass is 916 g/mol. The lowest BCUT2D eigenvalue weighted by molar-refractivity contribution is -0.137. The second kappa shape index (κ2) is 18.2. The van der Waals surface area contributed by atoms with Gasteiger partial charge in [-0.1, -0.05) is 11.6 Å². The Kier molecular flexibility index (Phi) is 12.4. The lowest BCUT2D eigenvalue weighted by Gasteiger charge is -2.47. The maximum Gasteiger partial charge on any atom is 0.293 e. The van der Waals surface area contributed by atoms with Gasteiger partial charge in [-0.2, -0.15) is 4.98 Å². The van der Waals surface area contributed by atoms with Crippen LogP contribution in [0.4, 0.5) is 31.9 Å². The summed E-state index contributed by atoms with van der Waals surface area (Å²) in [7, 11) is 1.50. The number of nitrogens with zero attached hydrogens (tertiary/aromatic N) is 7. The summed E-state index contributed by atoms with van der Waals surface area (Å²) in [6, 6.07) is 7.52. The molecular formula is C45H51ClF2N10O7. The zero-order chi connectivity index (χ0) is 45.7. The first-order valence-corrected chi connectivity index (χ1v) is 22.5. The Labute approximate surface area is 378 Å². The van der Waals surface area contributed by atoms with Gasteiger partial charge in [0, 0.05) is 87.5 Å². The molecule has 1 aliphatic carbocycles. The van der Waals surface area contributed by atoms with Crippen LogP contribution in [0.2, 0.25) is 5.02 Å². The fraction of sp³-hybridized carbons (Fsp3) is 0.489. The van der Waals surface area contributed by atoms with E-state index < -0.39 is 35.4 Å². The second-order valence-electron chi connectivity index (χ2n) is 17.5. The standard InChI is InChI=1S/C45H51ClF2N10O7/c1-24(2)58-33-5-4-26(16-25(33)17-36(43(58)62)64-23-38(60)49-3)51-41-31(46)21-50-45(53-41)56-10-8-28(9-11-56)65-29-18-27(19-29)54-12-14-55(15-13-54)35-20-32(47)39-30(40(35)48)22-57(44(39)63)34-6-7-37(59)52-42(34)61/h4-5,16-17,20-21,24,27-29,34H,6-15,18-19,22-23H2,1-3H3,(H,49,60)(H,50,51,53)(H,52,59,61)/t27-,29-,34?. The summed E-state index contributed by atoms with van der Waals surface area (Å²) in [5.74, 6) is -2.55. The number of ether oxygens (including phenoxy) is 2. The largest absolute Gasteiger partial charge is 0.478 e. The van der Waals surface area contributed by atoms with Crippen LogP contribution >= 0.6 is 11.6 Å². The van der Waals surface area contributed by atoms with E-state index in [9.17, 15) is 24.0 Å². The molecule has 5 aliphatic rings. The summed E-state index contributed by atoms with van der Waals surface area (Å²) in [6.45, 7) is 7.04. The zero-order valence-electron chi connectivity index (χ0n) is 36.4. The number of piperidine rings is 2. The number of nitrogens with one attached hydrogen (secondary N) is 3. The lowest BCUT2D eigenvalue weighted by Crippen LogP contribution is -2.56. The summed E-state index contributed by atoms with van der Waals surface area (Å²) in [5.41, 5.74) is 0.801. The van der Waals surface area contributed by atoms with Crippen molar-refractivity contribution in [2.45, 2.75) is 89.3 Å². The van der Waals surface area contributed by atoms with Crippen molar-refractivity contribution < 1.29 is 37.4 Å². The molecule has 4 fully saturated rings. The number of piperazine rings is 1. The van der Waals surface area contributed by atoms with Crippen LogP contribution < -0.4 is 36.0 Å². The molecular weight excluding hydrogens is 866 g/mol. The molecule has 0 radical (unpaired) electrons. The fourth-order valence-electron chi connectivity index (χ4n) is 9.59. The Morgan fingerprint density at radius 3 is 2.43 bits per heavy atom. The van der Waals surface area contributed by atoms with Crippen molar-refractivity contribution in [3.8, 4) is 5.75 Å². The van der Waals surface area contributed by atoms with E-state index >= 15 is 8.78 Å². The van der Waals surface area contributed by atoms with E-state index in [-0.39, 0.29) is 78.3 Å². The minimum Gasteiger partial charge on any atom is -0.478 e. The fourth-order valence-corrected chi connectivity index (χ4v) is 9.73. The van der Waals surface area contributed by atoms with Crippen LogP contribution in [0.5, 0.6) is 5.75 Å². The van der Waals surface area contributed by atoms with Gasteiger partial charge in [0.2, 0.25) is 17.8 Å². The number of aromatic nitrogens is 3. The van der Waals surface area contributed by atoms with Crippen molar-refractivity contribution in [3.05, 3.63) is 74.7 Å². The number of imide groups is 1. The Morgan fingerprint density at radius 2 is 1.72 bits per heavy atom. The average Bonchev–Trinajstić information content (AvgIpc) is 3.63. The van der Waals surface area contributed by atoms with Gasteiger partial charge in [-0.25, -0.2) is 13.8 Å². The number of pyridine rings is 1. The molecule has 344 valence electrons. The van der Waals surface area contributed by atoms with Crippen molar-refractivity contribution in [2.24, 2.45) is 0 Å². The Morgan fingerprint density at radius 1 is 0.969 bits per heavy atom. The molecule has 0 spiro atoms. The molecule has 3 saturated heterocycles. The number of hydrogen-bond acceptors (Lipinski definition) is 13. The number of rotatable bonds is 12. The van der Waals surface area contributed by atoms with E-state index in [2.05, 4.69) is 30.7 Å². The van der Waals surface area contributed by atoms with Crippen LogP contribution in [-0.4, -0.2) is 125 Å². The van der Waals surface area contributed by atoms with Gasteiger partial charge < -0.3 is 39.4 Å². The molecule has 6 heterocycles. The number of halogens is 3. The highest BCUT2D eigenvalue weighted by Gasteiger charge is 2.43. The summed E-state index contributed by atoms with van der Waals surface area (Å²) in [5, 5.41) is 9.09. The van der Waals surface area contributed by atoms with Crippen molar-refractivity contribution >= 4 is 69.3 Å². The topological polar surface area (TPSA) is 184 Å². The third-order valence-corrected chi connectivity index (χ3v) is 13.5. The van der Waals surface area contributed by atoms with Gasteiger partial charge in [0.15, 0.2) is 24.0 Å². The molecule has 2 aromatic heterocycles. The zero-order valence-corrected chi connectivity index (χ0v) is 37.1. The number of carbonyl (C=O) groups is 4. The van der Waals surface area contributed by atoms with Crippen molar-refractivity contribution in [1.82, 2.24) is 35.0 Å². The molecule has 65 heavy (non-hydrogen) atoms. The van der Waals surface area contributed by atoms with E-state index in [0.29, 0.717) is 73.3 Å². The average molecular weight is 917 g/mol. The Hall–Kier alpha value is -5.92. The van der Waals surface area contributed by atoms with Gasteiger partial charge in [-0.15, -0.1) is 0 Å². The minimum atomic E-state index is -0.954. The lowest BCUT2D eigenvalue weighted by atomic mass is 9.87. The highest BCUT2D eigenvalue weighted by atomic mass is 35.5. The van der Waals surface area contributed by atoms with Gasteiger partial charge in [0.25, 0.3) is 17.4 Å². The number of hydrogen-bond donors (Lipinski definition) is 3. The minimum absolute atomic E-state index is 0.0493. The third-order valence-electron chi connectivity index (χ3n) is 13.2. The molecule has 9 rings (SSSR count). The van der Waals surface area contributed by atoms with E-state index in [1.54, 1.807) is 16.8 Å². The number of benzene rings is 2. The molecule has 1 unspecified atom stereocenters. The van der Waals surface area contributed by atoms with Crippen molar-refractivity contribution in [3.63, 3.8) is 0 Å². The quantitative estimate of drug-likeness (QED) is 0.172. The van der Waals surface area contributed by atoms with Gasteiger partial charge in [-0.05, 0) is 70.2 Å². The van der Waals surface area contributed by atoms with Crippen molar-refractivity contribution in [2.75, 3.05) is 68.0 Å². The van der Waals surface area contributed by atoms with Gasteiger partial charge in [-0.3, -0.25) is 34.2 Å². The van der Waals surface area contributed by atoms with Crippen molar-refractivity contribution in [1.29, 1.82) is 0 Å². The van der Waals surface area contributed by atoms with E-state index in [1.807, 2.05) is 36.9 Å². The van der Waals surface area contributed by atoms with Crippen LogP contribution in [0, 0.1) is 11.6 Å². The van der Waals surface area contributed by atoms with E-state index in [0.717, 1.165) is 42.0 Å². The summed E-state index contributed by atoms with van der Waals surface area (Å²) >= 11 is 6.58. The van der Waals surface area contributed by atoms with Crippen LogP contribution in [0.15, 0.2) is 41.3 Å². The predicted molar refractivity (Wildman–Crippen MR) is 238 cm³/mol. The number of carbonyl (C=O) groups excluding carboxylic acids is 4. The molecule has 1 saturated carbocycles. The first-order valence-electron chi connectivity index (χ1n) is 22.1. The Balaban J connectivity index is 0.753. The van der Waals surface area contributed by atoms with Gasteiger partial charge in [0.1, 0.15) is 16.9 Å². The molecule has 4 aromatic rings. The van der Waals surface area contributed by atoms with Gasteiger partial charge >= 0.3 is 0 Å². The highest BCUT2D eigenvalue weighted by Crippen LogP contribution is 2.38. The maximum atomic E-state index is 16.0. The molecule has 4 aliphatic heterocycles. The molecule has 20 heteroatoms. The maximum absolute atomic E-state index is 16.0. The van der Waals surface area contributed by atoms with E-state index in [4.69, 9.17) is 26.1 Å². The van der Waals surface area contributed by atoms with Crippen LogP contribution in [0.1, 0.15) is 74.3 Å². The van der Waals surface area contributed by atoms with Crippen LogP contribution in [0.25, 0.3) is 10.9 Å². The molecule has 17 nitrogen and oxygen atoms in total. The first kappa shape index (κ1) is 44.3. The first-order chi connectivity index (χ1) is 31.3. The second-order valence-corrected chi connectivity index (χ2v) is 17.9. The number of fused-ring (bicyclic) bond motifs is 2. The molecule has 3 N–H and O–H groups in total. The number of amides is 4. The SMILES string of the molecule is CNC(=O)COc1cc2cc(Nc3nc(N4CCC(O[C@H]5C[C@H](N6CCN(c7cc(F)c8c(c7F)CN(C7CCC(=O)NC7=O)C8=O)CC6)C5)CC4)ncc3Cl)ccc2n(C(C)C)c1=O. The molecule has 2 aromatic carbocycles.